The number of thiazole rings is 1. The standard InChI is InChI=1S/C24H23N3O5S3/c1-31-21-6-3-2-5-17(21)14-23(28)26-19(20-15-34-24(27-20)22-7-4-12-33-22)13-16-8-10-18(11-9-16)35(29,30)32-25/h2-12,15,19H,13-14,25H2,1H3,(H,26,28)/t19-/m0/s1. The minimum atomic E-state index is -3.99. The number of amides is 1. The monoisotopic (exact) mass is 529 g/mol. The summed E-state index contributed by atoms with van der Waals surface area (Å²) in [6.45, 7) is 0. The first-order valence-electron chi connectivity index (χ1n) is 10.5. The first-order chi connectivity index (χ1) is 16.9. The lowest BCUT2D eigenvalue weighted by Crippen LogP contribution is -2.31. The Morgan fingerprint density at radius 3 is 2.54 bits per heavy atom. The van der Waals surface area contributed by atoms with Gasteiger partial charge in [-0.2, -0.15) is 18.6 Å². The fourth-order valence-corrected chi connectivity index (χ4v) is 5.81. The van der Waals surface area contributed by atoms with Crippen LogP contribution in [0.15, 0.2) is 76.3 Å². The minimum absolute atomic E-state index is 0.0471. The molecular weight excluding hydrogens is 506 g/mol. The molecule has 0 aliphatic carbocycles. The molecule has 1 amide bonds. The summed E-state index contributed by atoms with van der Waals surface area (Å²) in [6, 6.07) is 17.1. The average molecular weight is 530 g/mol. The molecule has 2 aromatic heterocycles. The van der Waals surface area contributed by atoms with Crippen molar-refractivity contribution in [2.24, 2.45) is 5.90 Å². The van der Waals surface area contributed by atoms with Crippen LogP contribution in [0.25, 0.3) is 9.88 Å². The maximum Gasteiger partial charge on any atom is 0.312 e. The summed E-state index contributed by atoms with van der Waals surface area (Å²) in [7, 11) is -2.42. The topological polar surface area (TPSA) is 121 Å². The molecule has 8 nitrogen and oxygen atoms in total. The van der Waals surface area contributed by atoms with Crippen LogP contribution >= 0.6 is 22.7 Å². The lowest BCUT2D eigenvalue weighted by molar-refractivity contribution is -0.121. The summed E-state index contributed by atoms with van der Waals surface area (Å²) in [5.74, 6) is 5.33. The fourth-order valence-electron chi connectivity index (χ4n) is 3.54. The van der Waals surface area contributed by atoms with E-state index < -0.39 is 16.2 Å². The molecule has 4 rings (SSSR count). The third-order valence-corrected chi connectivity index (χ3v) is 8.27. The highest BCUT2D eigenvalue weighted by Gasteiger charge is 2.21. The van der Waals surface area contributed by atoms with Crippen molar-refractivity contribution in [3.8, 4) is 15.6 Å². The van der Waals surface area contributed by atoms with E-state index in [4.69, 9.17) is 15.6 Å². The van der Waals surface area contributed by atoms with E-state index in [1.807, 2.05) is 47.2 Å². The number of rotatable bonds is 10. The Labute approximate surface area is 211 Å². The van der Waals surface area contributed by atoms with Crippen molar-refractivity contribution in [1.29, 1.82) is 0 Å². The number of aromatic nitrogens is 1. The maximum atomic E-state index is 13.0. The van der Waals surface area contributed by atoms with Gasteiger partial charge in [0.15, 0.2) is 0 Å². The summed E-state index contributed by atoms with van der Waals surface area (Å²) in [5.41, 5.74) is 2.32. The van der Waals surface area contributed by atoms with E-state index in [1.165, 1.54) is 23.5 Å². The largest absolute Gasteiger partial charge is 0.496 e. The lowest BCUT2D eigenvalue weighted by Gasteiger charge is -2.18. The lowest BCUT2D eigenvalue weighted by atomic mass is 10.0. The number of ether oxygens (including phenoxy) is 1. The van der Waals surface area contributed by atoms with E-state index >= 15 is 0 Å². The Morgan fingerprint density at radius 1 is 1.09 bits per heavy atom. The van der Waals surface area contributed by atoms with Gasteiger partial charge in [-0.3, -0.25) is 4.79 Å². The molecule has 3 N–H and O–H groups in total. The van der Waals surface area contributed by atoms with Crippen molar-refractivity contribution >= 4 is 38.7 Å². The van der Waals surface area contributed by atoms with Crippen LogP contribution in [0, 0.1) is 0 Å². The van der Waals surface area contributed by atoms with E-state index in [-0.39, 0.29) is 17.2 Å². The van der Waals surface area contributed by atoms with Gasteiger partial charge in [0.25, 0.3) is 0 Å². The van der Waals surface area contributed by atoms with Crippen LogP contribution < -0.4 is 16.0 Å². The number of nitrogens with two attached hydrogens (primary N) is 1. The number of hydrogen-bond donors (Lipinski definition) is 2. The quantitative estimate of drug-likeness (QED) is 0.297. The molecule has 182 valence electrons. The molecule has 11 heteroatoms. The molecule has 0 bridgehead atoms. The van der Waals surface area contributed by atoms with Gasteiger partial charge in [-0.1, -0.05) is 36.4 Å². The van der Waals surface area contributed by atoms with Gasteiger partial charge in [0.05, 0.1) is 35.0 Å². The number of nitrogens with zero attached hydrogens (tertiary/aromatic N) is 1. The third kappa shape index (κ3) is 6.13. The van der Waals surface area contributed by atoms with Crippen LogP contribution in [0.2, 0.25) is 0 Å². The molecule has 0 saturated carbocycles. The molecule has 35 heavy (non-hydrogen) atoms. The number of carbonyl (C=O) groups excluding carboxylic acids is 1. The van der Waals surface area contributed by atoms with E-state index in [2.05, 4.69) is 9.60 Å². The van der Waals surface area contributed by atoms with Crippen LogP contribution in [-0.2, 0) is 32.0 Å². The second kappa shape index (κ2) is 11.1. The molecule has 0 radical (unpaired) electrons. The van der Waals surface area contributed by atoms with E-state index in [0.29, 0.717) is 12.2 Å². The predicted molar refractivity (Wildman–Crippen MR) is 136 cm³/mol. The van der Waals surface area contributed by atoms with Crippen LogP contribution in [0.1, 0.15) is 22.9 Å². The molecule has 4 aromatic rings. The Hall–Kier alpha value is -3.09. The first-order valence-corrected chi connectivity index (χ1v) is 13.7. The van der Waals surface area contributed by atoms with Crippen LogP contribution in [0.3, 0.4) is 0 Å². The van der Waals surface area contributed by atoms with Crippen molar-refractivity contribution in [2.45, 2.75) is 23.8 Å². The van der Waals surface area contributed by atoms with Crippen LogP contribution in [-0.4, -0.2) is 26.4 Å². The smallest absolute Gasteiger partial charge is 0.312 e. The predicted octanol–water partition coefficient (Wildman–Crippen LogP) is 4.10. The number of benzene rings is 2. The van der Waals surface area contributed by atoms with Crippen LogP contribution in [0.5, 0.6) is 5.75 Å². The number of thiophene rings is 1. The molecule has 0 unspecified atom stereocenters. The third-order valence-electron chi connectivity index (χ3n) is 5.27. The molecule has 2 aromatic carbocycles. The zero-order valence-corrected chi connectivity index (χ0v) is 21.2. The minimum Gasteiger partial charge on any atom is -0.496 e. The highest BCUT2D eigenvalue weighted by atomic mass is 32.2. The molecule has 0 aliphatic heterocycles. The highest BCUT2D eigenvalue weighted by Crippen LogP contribution is 2.31. The number of carbonyl (C=O) groups is 1. The van der Waals surface area contributed by atoms with Gasteiger partial charge in [-0.25, -0.2) is 4.98 Å². The number of methoxy groups -OCH3 is 1. The van der Waals surface area contributed by atoms with Gasteiger partial charge in [-0.15, -0.1) is 22.7 Å². The first kappa shape index (κ1) is 25.0. The Balaban J connectivity index is 1.58. The van der Waals surface area contributed by atoms with Gasteiger partial charge >= 0.3 is 10.1 Å². The molecule has 0 fully saturated rings. The second-order valence-electron chi connectivity index (χ2n) is 7.56. The second-order valence-corrected chi connectivity index (χ2v) is 10.9. The summed E-state index contributed by atoms with van der Waals surface area (Å²) in [4.78, 5) is 18.8. The normalized spacial score (nSPS) is 12.3. The van der Waals surface area contributed by atoms with Crippen molar-refractivity contribution < 1.29 is 22.2 Å². The van der Waals surface area contributed by atoms with E-state index in [0.717, 1.165) is 26.7 Å². The Kier molecular flexibility index (Phi) is 7.93. The number of hydrogen-bond acceptors (Lipinski definition) is 9. The zero-order chi connectivity index (χ0) is 24.8. The maximum absolute atomic E-state index is 13.0. The van der Waals surface area contributed by atoms with E-state index in [1.54, 1.807) is 30.6 Å². The fraction of sp³-hybridized carbons (Fsp3) is 0.167. The zero-order valence-electron chi connectivity index (χ0n) is 18.7. The summed E-state index contributed by atoms with van der Waals surface area (Å²) in [5, 5.41) is 7.89. The van der Waals surface area contributed by atoms with Crippen molar-refractivity contribution in [2.75, 3.05) is 7.11 Å². The van der Waals surface area contributed by atoms with Crippen molar-refractivity contribution in [1.82, 2.24) is 10.3 Å². The summed E-state index contributed by atoms with van der Waals surface area (Å²) < 4.78 is 33.1. The van der Waals surface area contributed by atoms with Crippen LogP contribution in [0.4, 0.5) is 0 Å². The Morgan fingerprint density at radius 2 is 1.86 bits per heavy atom. The number of para-hydroxylation sites is 1. The van der Waals surface area contributed by atoms with Gasteiger partial charge in [0.2, 0.25) is 5.91 Å². The van der Waals surface area contributed by atoms with Gasteiger partial charge in [0, 0.05) is 10.9 Å². The SMILES string of the molecule is COc1ccccc1CC(=O)N[C@@H](Cc1ccc(S(=O)(=O)ON)cc1)c1csc(-c2cccs2)n1. The average Bonchev–Trinajstić information content (AvgIpc) is 3.57. The molecule has 0 saturated heterocycles. The van der Waals surface area contributed by atoms with Gasteiger partial charge < -0.3 is 10.1 Å². The molecule has 1 atom stereocenters. The summed E-state index contributed by atoms with van der Waals surface area (Å²) >= 11 is 3.11. The van der Waals surface area contributed by atoms with Crippen molar-refractivity contribution in [3.63, 3.8) is 0 Å². The Bertz CT molecular complexity index is 1380. The van der Waals surface area contributed by atoms with E-state index in [9.17, 15) is 13.2 Å². The van der Waals surface area contributed by atoms with Crippen molar-refractivity contribution in [3.05, 3.63) is 88.2 Å². The van der Waals surface area contributed by atoms with Gasteiger partial charge in [-0.05, 0) is 41.6 Å². The molecule has 0 aliphatic rings. The molecule has 2 heterocycles. The number of nitrogens with one attached hydrogen (secondary N) is 1. The highest BCUT2D eigenvalue weighted by molar-refractivity contribution is 7.86. The summed E-state index contributed by atoms with van der Waals surface area (Å²) in [6.07, 6.45) is 0.558. The molecule has 0 spiro atoms. The van der Waals surface area contributed by atoms with Gasteiger partial charge in [0.1, 0.15) is 10.8 Å². The molecular formula is C24H23N3O5S3.